The fourth-order valence-corrected chi connectivity index (χ4v) is 3.78. The van der Waals surface area contributed by atoms with Gasteiger partial charge in [0.2, 0.25) is 0 Å². The van der Waals surface area contributed by atoms with Crippen molar-refractivity contribution in [2.75, 3.05) is 6.61 Å². The van der Waals surface area contributed by atoms with Crippen molar-refractivity contribution in [3.8, 4) is 0 Å². The molecule has 1 heterocycles. The van der Waals surface area contributed by atoms with Gasteiger partial charge in [-0.2, -0.15) is 0 Å². The van der Waals surface area contributed by atoms with Crippen LogP contribution in [0.5, 0.6) is 0 Å². The van der Waals surface area contributed by atoms with Crippen LogP contribution in [0.3, 0.4) is 0 Å². The van der Waals surface area contributed by atoms with Crippen molar-refractivity contribution in [3.05, 3.63) is 46.4 Å². The van der Waals surface area contributed by atoms with Crippen LogP contribution in [-0.4, -0.2) is 12.7 Å². The maximum absolute atomic E-state index is 6.70. The van der Waals surface area contributed by atoms with Gasteiger partial charge in [-0.1, -0.05) is 53.2 Å². The van der Waals surface area contributed by atoms with Crippen LogP contribution >= 0.6 is 27.5 Å². The summed E-state index contributed by atoms with van der Waals surface area (Å²) >= 11 is 10.3. The molecule has 0 aromatic heterocycles. The third-order valence-electron chi connectivity index (χ3n) is 3.93. The van der Waals surface area contributed by atoms with Crippen molar-refractivity contribution < 1.29 is 4.74 Å². The summed E-state index contributed by atoms with van der Waals surface area (Å²) in [4.78, 5) is 0. The zero-order chi connectivity index (χ0) is 13.4. The number of hydrogen-bond acceptors (Lipinski definition) is 1. The molecule has 0 N–H and O–H groups in total. The zero-order valence-corrected chi connectivity index (χ0v) is 13.1. The first kappa shape index (κ1) is 13.4. The van der Waals surface area contributed by atoms with Crippen LogP contribution in [0.25, 0.3) is 10.8 Å². The number of alkyl halides is 1. The van der Waals surface area contributed by atoms with Gasteiger partial charge in [0.1, 0.15) is 0 Å². The SMILES string of the molecule is CC1CCOC1C(Cl)c1ccc(Br)c2ccccc12. The molecule has 1 aliphatic rings. The molecule has 1 nitrogen and oxygen atoms in total. The highest BCUT2D eigenvalue weighted by atomic mass is 79.9. The van der Waals surface area contributed by atoms with Gasteiger partial charge in [-0.25, -0.2) is 0 Å². The van der Waals surface area contributed by atoms with E-state index in [1.165, 1.54) is 16.3 Å². The smallest absolute Gasteiger partial charge is 0.0855 e. The van der Waals surface area contributed by atoms with Gasteiger partial charge in [-0.15, -0.1) is 11.6 Å². The van der Waals surface area contributed by atoms with Gasteiger partial charge < -0.3 is 4.74 Å². The van der Waals surface area contributed by atoms with Crippen molar-refractivity contribution in [1.29, 1.82) is 0 Å². The Hall–Kier alpha value is -0.570. The predicted molar refractivity (Wildman–Crippen MR) is 83.8 cm³/mol. The second-order valence-electron chi connectivity index (χ2n) is 5.19. The van der Waals surface area contributed by atoms with E-state index in [0.717, 1.165) is 17.5 Å². The van der Waals surface area contributed by atoms with E-state index in [-0.39, 0.29) is 11.5 Å². The molecule has 3 atom stereocenters. The van der Waals surface area contributed by atoms with Crippen molar-refractivity contribution in [1.82, 2.24) is 0 Å². The lowest BCUT2D eigenvalue weighted by Gasteiger charge is -2.22. The molecule has 1 aliphatic heterocycles. The number of benzene rings is 2. The van der Waals surface area contributed by atoms with Crippen molar-refractivity contribution in [2.45, 2.75) is 24.8 Å². The Kier molecular flexibility index (Phi) is 3.84. The van der Waals surface area contributed by atoms with E-state index in [1.807, 2.05) is 0 Å². The summed E-state index contributed by atoms with van der Waals surface area (Å²) in [5.41, 5.74) is 1.17. The summed E-state index contributed by atoms with van der Waals surface area (Å²) < 4.78 is 6.92. The highest BCUT2D eigenvalue weighted by molar-refractivity contribution is 9.10. The molecule has 3 rings (SSSR count). The van der Waals surface area contributed by atoms with Crippen LogP contribution < -0.4 is 0 Å². The monoisotopic (exact) mass is 338 g/mol. The van der Waals surface area contributed by atoms with E-state index < -0.39 is 0 Å². The van der Waals surface area contributed by atoms with E-state index in [0.29, 0.717) is 5.92 Å². The number of hydrogen-bond donors (Lipinski definition) is 0. The van der Waals surface area contributed by atoms with E-state index in [2.05, 4.69) is 59.3 Å². The van der Waals surface area contributed by atoms with E-state index in [9.17, 15) is 0 Å². The number of rotatable bonds is 2. The standard InChI is InChI=1S/C16H16BrClO/c1-10-8-9-19-16(10)15(18)13-6-7-14(17)12-5-3-2-4-11(12)13/h2-7,10,15-16H,8-9H2,1H3. The van der Waals surface area contributed by atoms with Crippen LogP contribution in [0.2, 0.25) is 0 Å². The summed E-state index contributed by atoms with van der Waals surface area (Å²) in [6.07, 6.45) is 1.22. The minimum atomic E-state index is -0.0875. The molecule has 0 saturated carbocycles. The topological polar surface area (TPSA) is 9.23 Å². The Balaban J connectivity index is 2.07. The highest BCUT2D eigenvalue weighted by Gasteiger charge is 2.32. The maximum atomic E-state index is 6.70. The van der Waals surface area contributed by atoms with E-state index >= 15 is 0 Å². The summed E-state index contributed by atoms with van der Waals surface area (Å²) in [7, 11) is 0. The predicted octanol–water partition coefficient (Wildman–Crippen LogP) is 5.31. The lowest BCUT2D eigenvalue weighted by atomic mass is 9.94. The normalized spacial score (nSPS) is 24.8. The summed E-state index contributed by atoms with van der Waals surface area (Å²) in [5, 5.41) is 2.33. The van der Waals surface area contributed by atoms with E-state index in [1.54, 1.807) is 0 Å². The molecule has 0 radical (unpaired) electrons. The third-order valence-corrected chi connectivity index (χ3v) is 5.11. The largest absolute Gasteiger partial charge is 0.376 e. The fourth-order valence-electron chi connectivity index (χ4n) is 2.79. The highest BCUT2D eigenvalue weighted by Crippen LogP contribution is 2.40. The van der Waals surface area contributed by atoms with Crippen LogP contribution in [-0.2, 0) is 4.74 Å². The summed E-state index contributed by atoms with van der Waals surface area (Å²) in [5.74, 6) is 0.518. The van der Waals surface area contributed by atoms with E-state index in [4.69, 9.17) is 16.3 Å². The second-order valence-corrected chi connectivity index (χ2v) is 6.51. The van der Waals surface area contributed by atoms with Crippen molar-refractivity contribution in [3.63, 3.8) is 0 Å². The molecule has 2 aromatic carbocycles. The molecular weight excluding hydrogens is 324 g/mol. The first-order chi connectivity index (χ1) is 9.18. The van der Waals surface area contributed by atoms with Gasteiger partial charge in [0.05, 0.1) is 11.5 Å². The average molecular weight is 340 g/mol. The Bertz CT molecular complexity index is 598. The Morgan fingerprint density at radius 3 is 2.63 bits per heavy atom. The number of fused-ring (bicyclic) bond motifs is 1. The maximum Gasteiger partial charge on any atom is 0.0855 e. The second kappa shape index (κ2) is 5.43. The molecule has 1 saturated heterocycles. The minimum Gasteiger partial charge on any atom is -0.376 e. The molecule has 3 unspecified atom stereocenters. The molecule has 100 valence electrons. The van der Waals surface area contributed by atoms with Gasteiger partial charge in [-0.3, -0.25) is 0 Å². The lowest BCUT2D eigenvalue weighted by Crippen LogP contribution is -2.19. The molecule has 0 aliphatic carbocycles. The molecule has 0 bridgehead atoms. The Morgan fingerprint density at radius 1 is 1.21 bits per heavy atom. The van der Waals surface area contributed by atoms with Crippen molar-refractivity contribution >= 4 is 38.3 Å². The van der Waals surface area contributed by atoms with Crippen molar-refractivity contribution in [2.24, 2.45) is 5.92 Å². The van der Waals surface area contributed by atoms with Gasteiger partial charge in [0.15, 0.2) is 0 Å². The van der Waals surface area contributed by atoms with Crippen LogP contribution in [0.15, 0.2) is 40.9 Å². The summed E-state index contributed by atoms with van der Waals surface area (Å²) in [6.45, 7) is 3.04. The third kappa shape index (κ3) is 2.42. The first-order valence-corrected chi connectivity index (χ1v) is 7.84. The first-order valence-electron chi connectivity index (χ1n) is 6.61. The lowest BCUT2D eigenvalue weighted by molar-refractivity contribution is 0.0906. The van der Waals surface area contributed by atoms with Gasteiger partial charge >= 0.3 is 0 Å². The Morgan fingerprint density at radius 2 is 1.95 bits per heavy atom. The Labute approximate surface area is 127 Å². The zero-order valence-electron chi connectivity index (χ0n) is 10.8. The fraction of sp³-hybridized carbons (Fsp3) is 0.375. The molecule has 3 heteroatoms. The quantitative estimate of drug-likeness (QED) is 0.674. The molecule has 19 heavy (non-hydrogen) atoms. The molecule has 1 fully saturated rings. The van der Waals surface area contributed by atoms with Gasteiger partial charge in [0.25, 0.3) is 0 Å². The molecule has 0 amide bonds. The number of ether oxygens (including phenoxy) is 1. The molecule has 0 spiro atoms. The van der Waals surface area contributed by atoms with Crippen LogP contribution in [0, 0.1) is 5.92 Å². The molecular formula is C16H16BrClO. The van der Waals surface area contributed by atoms with Gasteiger partial charge in [-0.05, 0) is 34.7 Å². The molecule has 2 aromatic rings. The summed E-state index contributed by atoms with van der Waals surface area (Å²) in [6, 6.07) is 12.5. The number of halogens is 2. The van der Waals surface area contributed by atoms with Crippen LogP contribution in [0.1, 0.15) is 24.3 Å². The minimum absolute atomic E-state index is 0.0875. The van der Waals surface area contributed by atoms with Crippen LogP contribution in [0.4, 0.5) is 0 Å². The van der Waals surface area contributed by atoms with Gasteiger partial charge in [0, 0.05) is 11.1 Å². The average Bonchev–Trinajstić information content (AvgIpc) is 2.85.